The summed E-state index contributed by atoms with van der Waals surface area (Å²) in [5, 5.41) is 11.0. The molecule has 1 aromatic heterocycles. The highest BCUT2D eigenvalue weighted by molar-refractivity contribution is 6.02. The van der Waals surface area contributed by atoms with Gasteiger partial charge in [-0.2, -0.15) is 5.10 Å². The van der Waals surface area contributed by atoms with E-state index in [1.54, 1.807) is 6.07 Å². The molecule has 3 rings (SSSR count). The summed E-state index contributed by atoms with van der Waals surface area (Å²) in [5.74, 6) is 0.0573. The molecule has 0 unspecified atom stereocenters. The van der Waals surface area contributed by atoms with E-state index in [9.17, 15) is 4.79 Å². The van der Waals surface area contributed by atoms with Gasteiger partial charge in [-0.05, 0) is 49.4 Å². The zero-order valence-corrected chi connectivity index (χ0v) is 15.1. The van der Waals surface area contributed by atoms with Crippen molar-refractivity contribution in [2.24, 2.45) is 0 Å². The Kier molecular flexibility index (Phi) is 5.28. The number of rotatable bonds is 4. The number of piperazine rings is 1. The lowest BCUT2D eigenvalue weighted by Gasteiger charge is -2.34. The van der Waals surface area contributed by atoms with Crippen LogP contribution in [-0.4, -0.2) is 54.2 Å². The fourth-order valence-electron chi connectivity index (χ4n) is 2.79. The van der Waals surface area contributed by atoms with Crippen LogP contribution >= 0.6 is 0 Å². The third-order valence-corrected chi connectivity index (χ3v) is 4.50. The van der Waals surface area contributed by atoms with Crippen molar-refractivity contribution < 1.29 is 4.79 Å². The van der Waals surface area contributed by atoms with Gasteiger partial charge in [-0.3, -0.25) is 4.79 Å². The van der Waals surface area contributed by atoms with E-state index in [1.807, 2.05) is 32.0 Å². The number of benzene rings is 1. The summed E-state index contributed by atoms with van der Waals surface area (Å²) in [5.41, 5.74) is 3.16. The van der Waals surface area contributed by atoms with Gasteiger partial charge in [0.25, 0.3) is 5.91 Å². The van der Waals surface area contributed by atoms with Crippen molar-refractivity contribution in [2.45, 2.75) is 19.8 Å². The zero-order valence-electron chi connectivity index (χ0n) is 15.1. The minimum Gasteiger partial charge on any atom is -0.369 e. The fraction of sp³-hybridized carbons (Fsp3) is 0.421. The third kappa shape index (κ3) is 4.33. The minimum absolute atomic E-state index is 0.241. The van der Waals surface area contributed by atoms with Crippen LogP contribution < -0.4 is 10.2 Å². The second-order valence-electron chi connectivity index (χ2n) is 6.79. The molecule has 2 heterocycles. The van der Waals surface area contributed by atoms with Crippen LogP contribution in [0.25, 0.3) is 0 Å². The summed E-state index contributed by atoms with van der Waals surface area (Å²) in [7, 11) is 2.15. The first-order chi connectivity index (χ1) is 12.0. The number of hydrogen-bond acceptors (Lipinski definition) is 5. The number of nitrogens with zero attached hydrogens (tertiary/aromatic N) is 4. The molecule has 0 atom stereocenters. The summed E-state index contributed by atoms with van der Waals surface area (Å²) in [6.45, 7) is 8.30. The zero-order chi connectivity index (χ0) is 17.8. The third-order valence-electron chi connectivity index (χ3n) is 4.50. The SMILES string of the molecule is CC(C)c1ccc(C(=O)Nc2ccc(N3CCN(C)CC3)cc2)nn1. The molecule has 0 spiro atoms. The van der Waals surface area contributed by atoms with Crippen LogP contribution in [0, 0.1) is 0 Å². The highest BCUT2D eigenvalue weighted by atomic mass is 16.1. The predicted octanol–water partition coefficient (Wildman–Crippen LogP) is 2.60. The van der Waals surface area contributed by atoms with Crippen LogP contribution in [0.1, 0.15) is 35.9 Å². The Hall–Kier alpha value is -2.47. The number of carbonyl (C=O) groups is 1. The van der Waals surface area contributed by atoms with Gasteiger partial charge in [0.05, 0.1) is 5.69 Å². The van der Waals surface area contributed by atoms with E-state index in [2.05, 4.69) is 44.5 Å². The first-order valence-electron chi connectivity index (χ1n) is 8.71. The van der Waals surface area contributed by atoms with Crippen molar-refractivity contribution in [2.75, 3.05) is 43.4 Å². The fourth-order valence-corrected chi connectivity index (χ4v) is 2.79. The van der Waals surface area contributed by atoms with E-state index in [1.165, 1.54) is 5.69 Å². The van der Waals surface area contributed by atoms with Crippen LogP contribution in [0.5, 0.6) is 0 Å². The molecule has 1 fully saturated rings. The van der Waals surface area contributed by atoms with Crippen molar-refractivity contribution in [3.05, 3.63) is 47.8 Å². The largest absolute Gasteiger partial charge is 0.369 e. The number of anilines is 2. The highest BCUT2D eigenvalue weighted by Crippen LogP contribution is 2.19. The van der Waals surface area contributed by atoms with Gasteiger partial charge in [0.2, 0.25) is 0 Å². The number of hydrogen-bond donors (Lipinski definition) is 1. The summed E-state index contributed by atoms with van der Waals surface area (Å²) in [4.78, 5) is 17.0. The average molecular weight is 339 g/mol. The molecular formula is C19H25N5O. The van der Waals surface area contributed by atoms with E-state index in [4.69, 9.17) is 0 Å². The molecule has 1 amide bonds. The monoisotopic (exact) mass is 339 g/mol. The molecule has 6 heteroatoms. The van der Waals surface area contributed by atoms with Gasteiger partial charge in [0.1, 0.15) is 0 Å². The van der Waals surface area contributed by atoms with E-state index in [-0.39, 0.29) is 5.91 Å². The van der Waals surface area contributed by atoms with Crippen LogP contribution in [0.4, 0.5) is 11.4 Å². The van der Waals surface area contributed by atoms with Crippen molar-refractivity contribution in [1.29, 1.82) is 0 Å². The van der Waals surface area contributed by atoms with Gasteiger partial charge >= 0.3 is 0 Å². The summed E-state index contributed by atoms with van der Waals surface area (Å²) < 4.78 is 0. The van der Waals surface area contributed by atoms with E-state index >= 15 is 0 Å². The number of nitrogens with one attached hydrogen (secondary N) is 1. The van der Waals surface area contributed by atoms with Crippen molar-refractivity contribution in [3.63, 3.8) is 0 Å². The molecule has 0 bridgehead atoms. The molecule has 1 aliphatic heterocycles. The lowest BCUT2D eigenvalue weighted by atomic mass is 10.1. The first kappa shape index (κ1) is 17.4. The second kappa shape index (κ2) is 7.61. The lowest BCUT2D eigenvalue weighted by Crippen LogP contribution is -2.44. The molecule has 0 radical (unpaired) electrons. The maximum Gasteiger partial charge on any atom is 0.276 e. The molecular weight excluding hydrogens is 314 g/mol. The van der Waals surface area contributed by atoms with Crippen molar-refractivity contribution >= 4 is 17.3 Å². The Balaban J connectivity index is 1.61. The van der Waals surface area contributed by atoms with Crippen molar-refractivity contribution in [3.8, 4) is 0 Å². The molecule has 132 valence electrons. The normalized spacial score (nSPS) is 15.4. The van der Waals surface area contributed by atoms with Crippen LogP contribution in [0.3, 0.4) is 0 Å². The van der Waals surface area contributed by atoms with Gasteiger partial charge in [0, 0.05) is 37.6 Å². The van der Waals surface area contributed by atoms with Gasteiger partial charge in [-0.15, -0.1) is 5.10 Å². The quantitative estimate of drug-likeness (QED) is 0.928. The molecule has 1 aromatic carbocycles. The highest BCUT2D eigenvalue weighted by Gasteiger charge is 2.14. The number of aromatic nitrogens is 2. The van der Waals surface area contributed by atoms with Gasteiger partial charge in [0.15, 0.2) is 5.69 Å². The summed E-state index contributed by atoms with van der Waals surface area (Å²) in [6, 6.07) is 11.5. The van der Waals surface area contributed by atoms with Gasteiger partial charge in [-0.25, -0.2) is 0 Å². The maximum absolute atomic E-state index is 12.3. The van der Waals surface area contributed by atoms with E-state index < -0.39 is 0 Å². The topological polar surface area (TPSA) is 61.4 Å². The number of likely N-dealkylation sites (N-methyl/N-ethyl adjacent to an activating group) is 1. The lowest BCUT2D eigenvalue weighted by molar-refractivity contribution is 0.102. The molecule has 2 aromatic rings. The molecule has 25 heavy (non-hydrogen) atoms. The summed E-state index contributed by atoms with van der Waals surface area (Å²) >= 11 is 0. The number of carbonyl (C=O) groups excluding carboxylic acids is 1. The van der Waals surface area contributed by atoms with Crippen LogP contribution in [0.15, 0.2) is 36.4 Å². The van der Waals surface area contributed by atoms with E-state index in [0.717, 1.165) is 37.6 Å². The Morgan fingerprint density at radius 3 is 2.24 bits per heavy atom. The predicted molar refractivity (Wildman–Crippen MR) is 100 cm³/mol. The smallest absolute Gasteiger partial charge is 0.276 e. The van der Waals surface area contributed by atoms with Crippen LogP contribution in [0.2, 0.25) is 0 Å². The second-order valence-corrected chi connectivity index (χ2v) is 6.79. The Morgan fingerprint density at radius 1 is 1.00 bits per heavy atom. The average Bonchev–Trinajstić information content (AvgIpc) is 2.63. The molecule has 6 nitrogen and oxygen atoms in total. The van der Waals surface area contributed by atoms with Gasteiger partial charge < -0.3 is 15.1 Å². The van der Waals surface area contributed by atoms with Crippen molar-refractivity contribution in [1.82, 2.24) is 15.1 Å². The Bertz CT molecular complexity index is 704. The maximum atomic E-state index is 12.3. The van der Waals surface area contributed by atoms with Crippen LogP contribution in [-0.2, 0) is 0 Å². The molecule has 1 saturated heterocycles. The number of amides is 1. The Labute approximate surface area is 148 Å². The van der Waals surface area contributed by atoms with E-state index in [0.29, 0.717) is 11.6 Å². The molecule has 1 aliphatic rings. The Morgan fingerprint density at radius 2 is 1.68 bits per heavy atom. The molecule has 1 N–H and O–H groups in total. The first-order valence-corrected chi connectivity index (χ1v) is 8.71. The standard InChI is InChI=1S/C19H25N5O/c1-14(2)17-8-9-18(22-21-17)19(25)20-15-4-6-16(7-5-15)24-12-10-23(3)11-13-24/h4-9,14H,10-13H2,1-3H3,(H,20,25). The minimum atomic E-state index is -0.241. The van der Waals surface area contributed by atoms with Gasteiger partial charge in [-0.1, -0.05) is 13.8 Å². The molecule has 0 aliphatic carbocycles. The molecule has 0 saturated carbocycles. The summed E-state index contributed by atoms with van der Waals surface area (Å²) in [6.07, 6.45) is 0.